The summed E-state index contributed by atoms with van der Waals surface area (Å²) in [6.07, 6.45) is 1.84. The Kier molecular flexibility index (Phi) is 6.68. The number of piperazine rings is 1. The summed E-state index contributed by atoms with van der Waals surface area (Å²) in [5, 5.41) is 3.31. The molecule has 2 amide bonds. The van der Waals surface area contributed by atoms with Crippen LogP contribution in [0.15, 0.2) is 0 Å². The first-order chi connectivity index (χ1) is 9.80. The maximum atomic E-state index is 12.7. The summed E-state index contributed by atoms with van der Waals surface area (Å²) in [5.41, 5.74) is -0.368. The summed E-state index contributed by atoms with van der Waals surface area (Å²) in [4.78, 5) is 29.0. The van der Waals surface area contributed by atoms with Crippen molar-refractivity contribution in [3.05, 3.63) is 0 Å². The number of nitrogens with zero attached hydrogens (tertiary/aromatic N) is 2. The summed E-state index contributed by atoms with van der Waals surface area (Å²) in [5.74, 6) is 0.370. The van der Waals surface area contributed by atoms with Gasteiger partial charge in [0, 0.05) is 44.2 Å². The van der Waals surface area contributed by atoms with E-state index in [1.54, 1.807) is 0 Å². The van der Waals surface area contributed by atoms with Gasteiger partial charge in [-0.15, -0.1) is 12.4 Å². The fourth-order valence-corrected chi connectivity index (χ4v) is 3.24. The van der Waals surface area contributed by atoms with E-state index in [0.29, 0.717) is 6.54 Å². The minimum Gasteiger partial charge on any atom is -0.341 e. The number of halogens is 1. The predicted molar refractivity (Wildman–Crippen MR) is 90.1 cm³/mol. The van der Waals surface area contributed by atoms with E-state index < -0.39 is 0 Å². The molecule has 2 rings (SSSR count). The lowest BCUT2D eigenvalue weighted by Gasteiger charge is -2.40. The van der Waals surface area contributed by atoms with E-state index in [1.807, 2.05) is 30.6 Å². The van der Waals surface area contributed by atoms with Crippen molar-refractivity contribution in [2.45, 2.75) is 46.6 Å². The maximum Gasteiger partial charge on any atom is 0.227 e. The highest BCUT2D eigenvalue weighted by Crippen LogP contribution is 2.25. The number of nitrogens with one attached hydrogen (secondary N) is 1. The molecule has 5 nitrogen and oxygen atoms in total. The van der Waals surface area contributed by atoms with Crippen molar-refractivity contribution in [3.8, 4) is 0 Å². The molecule has 2 heterocycles. The number of carbonyl (C=O) groups excluding carboxylic acids is 2. The van der Waals surface area contributed by atoms with E-state index in [2.05, 4.69) is 12.2 Å². The highest BCUT2D eigenvalue weighted by Gasteiger charge is 2.36. The van der Waals surface area contributed by atoms with E-state index in [1.165, 1.54) is 0 Å². The predicted octanol–water partition coefficient (Wildman–Crippen LogP) is 1.51. The summed E-state index contributed by atoms with van der Waals surface area (Å²) >= 11 is 0. The second kappa shape index (κ2) is 7.64. The van der Waals surface area contributed by atoms with Crippen LogP contribution in [0, 0.1) is 11.3 Å². The number of likely N-dealkylation sites (tertiary alicyclic amines) is 1. The van der Waals surface area contributed by atoms with Gasteiger partial charge in [-0.05, 0) is 19.8 Å². The third kappa shape index (κ3) is 4.35. The van der Waals surface area contributed by atoms with Gasteiger partial charge in [-0.3, -0.25) is 9.59 Å². The van der Waals surface area contributed by atoms with Crippen LogP contribution < -0.4 is 5.32 Å². The fraction of sp³-hybridized carbons (Fsp3) is 0.875. The third-order valence-corrected chi connectivity index (χ3v) is 4.48. The molecule has 0 aromatic carbocycles. The molecule has 2 aliphatic heterocycles. The van der Waals surface area contributed by atoms with Gasteiger partial charge in [0.05, 0.1) is 5.92 Å². The van der Waals surface area contributed by atoms with Gasteiger partial charge in [-0.1, -0.05) is 20.8 Å². The van der Waals surface area contributed by atoms with Crippen molar-refractivity contribution >= 4 is 24.2 Å². The van der Waals surface area contributed by atoms with Gasteiger partial charge in [0.15, 0.2) is 0 Å². The number of carbonyl (C=O) groups is 2. The molecule has 0 saturated carbocycles. The van der Waals surface area contributed by atoms with Gasteiger partial charge in [-0.25, -0.2) is 0 Å². The van der Waals surface area contributed by atoms with E-state index in [-0.39, 0.29) is 41.6 Å². The largest absolute Gasteiger partial charge is 0.341 e. The number of amides is 2. The van der Waals surface area contributed by atoms with Crippen LogP contribution >= 0.6 is 12.4 Å². The fourth-order valence-electron chi connectivity index (χ4n) is 3.24. The van der Waals surface area contributed by atoms with Gasteiger partial charge in [0.25, 0.3) is 0 Å². The summed E-state index contributed by atoms with van der Waals surface area (Å²) in [6, 6.07) is 0.250. The number of piperidine rings is 1. The van der Waals surface area contributed by atoms with E-state index in [9.17, 15) is 9.59 Å². The lowest BCUT2D eigenvalue weighted by Crippen LogP contribution is -2.56. The van der Waals surface area contributed by atoms with Crippen molar-refractivity contribution in [3.63, 3.8) is 0 Å². The topological polar surface area (TPSA) is 52.7 Å². The minimum atomic E-state index is -0.368. The zero-order chi connectivity index (χ0) is 15.6. The van der Waals surface area contributed by atoms with Gasteiger partial charge >= 0.3 is 0 Å². The quantitative estimate of drug-likeness (QED) is 0.792. The first-order valence-electron chi connectivity index (χ1n) is 8.11. The second-order valence-corrected chi connectivity index (χ2v) is 7.43. The molecular formula is C16H30ClN3O2. The van der Waals surface area contributed by atoms with Gasteiger partial charge in [-0.2, -0.15) is 0 Å². The molecule has 0 spiro atoms. The van der Waals surface area contributed by atoms with Crippen molar-refractivity contribution < 1.29 is 9.59 Å². The molecule has 2 fully saturated rings. The van der Waals surface area contributed by atoms with Crippen LogP contribution in [-0.4, -0.2) is 60.4 Å². The Balaban J connectivity index is 0.00000242. The van der Waals surface area contributed by atoms with Crippen LogP contribution in [0.25, 0.3) is 0 Å². The van der Waals surface area contributed by atoms with Crippen LogP contribution in [-0.2, 0) is 9.59 Å². The molecule has 22 heavy (non-hydrogen) atoms. The Morgan fingerprint density at radius 3 is 2.45 bits per heavy atom. The molecule has 0 bridgehead atoms. The van der Waals surface area contributed by atoms with Crippen LogP contribution in [0.1, 0.15) is 40.5 Å². The van der Waals surface area contributed by atoms with Crippen LogP contribution in [0.5, 0.6) is 0 Å². The van der Waals surface area contributed by atoms with E-state index in [0.717, 1.165) is 39.0 Å². The lowest BCUT2D eigenvalue weighted by molar-refractivity contribution is -0.146. The molecule has 1 N–H and O–H groups in total. The summed E-state index contributed by atoms with van der Waals surface area (Å²) < 4.78 is 0. The van der Waals surface area contributed by atoms with Crippen molar-refractivity contribution in [1.82, 2.24) is 15.1 Å². The first-order valence-corrected chi connectivity index (χ1v) is 8.11. The first kappa shape index (κ1) is 19.2. The molecule has 6 heteroatoms. The lowest BCUT2D eigenvalue weighted by atomic mass is 9.90. The second-order valence-electron chi connectivity index (χ2n) is 7.43. The number of hydrogen-bond acceptors (Lipinski definition) is 3. The highest BCUT2D eigenvalue weighted by atomic mass is 35.5. The van der Waals surface area contributed by atoms with Crippen LogP contribution in [0.2, 0.25) is 0 Å². The molecule has 2 aliphatic rings. The van der Waals surface area contributed by atoms with Crippen molar-refractivity contribution in [2.75, 3.05) is 32.7 Å². The Bertz CT molecular complexity index is 409. The van der Waals surface area contributed by atoms with Crippen LogP contribution in [0.4, 0.5) is 0 Å². The monoisotopic (exact) mass is 331 g/mol. The molecule has 128 valence electrons. The van der Waals surface area contributed by atoms with Crippen molar-refractivity contribution in [1.29, 1.82) is 0 Å². The summed E-state index contributed by atoms with van der Waals surface area (Å²) in [6.45, 7) is 11.8. The van der Waals surface area contributed by atoms with Gasteiger partial charge in [0.1, 0.15) is 0 Å². The standard InChI is InChI=1S/C16H29N3O2.ClH/c1-12-10-17-7-9-19(12)14(20)13-6-5-8-18(11-13)15(21)16(2,3)4;/h12-13,17H,5-11H2,1-4H3;1H/t12-,13?;/m1./s1. The smallest absolute Gasteiger partial charge is 0.227 e. The molecule has 2 saturated heterocycles. The van der Waals surface area contributed by atoms with E-state index >= 15 is 0 Å². The maximum absolute atomic E-state index is 12.7. The Hall–Kier alpha value is -0.810. The van der Waals surface area contributed by atoms with E-state index in [4.69, 9.17) is 0 Å². The normalized spacial score (nSPS) is 26.4. The molecule has 0 aromatic heterocycles. The minimum absolute atomic E-state index is 0. The Labute approximate surface area is 140 Å². The Morgan fingerprint density at radius 1 is 1.18 bits per heavy atom. The molecule has 0 aromatic rings. The molecular weight excluding hydrogens is 302 g/mol. The van der Waals surface area contributed by atoms with Crippen LogP contribution in [0.3, 0.4) is 0 Å². The molecule has 1 unspecified atom stereocenters. The third-order valence-electron chi connectivity index (χ3n) is 4.48. The summed E-state index contributed by atoms with van der Waals surface area (Å²) in [7, 11) is 0. The SMILES string of the molecule is C[C@@H]1CNCCN1C(=O)C1CCCN(C(=O)C(C)(C)C)C1.Cl. The van der Waals surface area contributed by atoms with Gasteiger partial charge < -0.3 is 15.1 Å². The van der Waals surface area contributed by atoms with Gasteiger partial charge in [0.2, 0.25) is 11.8 Å². The number of hydrogen-bond donors (Lipinski definition) is 1. The average molecular weight is 332 g/mol. The molecule has 0 aliphatic carbocycles. The molecule has 0 radical (unpaired) electrons. The zero-order valence-electron chi connectivity index (χ0n) is 14.2. The zero-order valence-corrected chi connectivity index (χ0v) is 15.0. The Morgan fingerprint density at radius 2 is 1.86 bits per heavy atom. The average Bonchev–Trinajstić information content (AvgIpc) is 2.45. The highest BCUT2D eigenvalue weighted by molar-refractivity contribution is 5.85. The van der Waals surface area contributed by atoms with Crippen molar-refractivity contribution in [2.24, 2.45) is 11.3 Å². The number of rotatable bonds is 1. The molecule has 2 atom stereocenters.